The van der Waals surface area contributed by atoms with Crippen LogP contribution < -0.4 is 0 Å². The predicted molar refractivity (Wildman–Crippen MR) is 54.7 cm³/mol. The fraction of sp³-hybridized carbons (Fsp3) is 0.200. The van der Waals surface area contributed by atoms with Crippen LogP contribution in [0.4, 0.5) is 0 Å². The monoisotopic (exact) mass is 192 g/mol. The number of hydrogen-bond donors (Lipinski definition) is 1. The summed E-state index contributed by atoms with van der Waals surface area (Å²) < 4.78 is 0. The Balaban J connectivity index is 3.02. The van der Waals surface area contributed by atoms with Crippen molar-refractivity contribution in [2.45, 2.75) is 0 Å². The van der Waals surface area contributed by atoms with Crippen LogP contribution in [0.25, 0.3) is 0 Å². The minimum absolute atomic E-state index is 0.262. The molecule has 0 fully saturated rings. The first-order chi connectivity index (χ1) is 6.61. The molecule has 1 aromatic carbocycles. The molecule has 0 radical (unpaired) electrons. The second-order valence-corrected chi connectivity index (χ2v) is 2.98. The first-order valence-electron chi connectivity index (χ1n) is 4.15. The van der Waals surface area contributed by atoms with Crippen molar-refractivity contribution >= 4 is 12.2 Å². The standard InChI is InChI=1S/C10H12N2O2/c1-12(2)11-7-8-5-3-4-6-9(8)10(13)14/h3-7H,1-2H3,(H,13,14). The lowest BCUT2D eigenvalue weighted by Gasteiger charge is -2.03. The van der Waals surface area contributed by atoms with E-state index in [1.165, 1.54) is 6.21 Å². The number of carbonyl (C=O) groups is 1. The van der Waals surface area contributed by atoms with Gasteiger partial charge in [-0.15, -0.1) is 0 Å². The van der Waals surface area contributed by atoms with Crippen molar-refractivity contribution in [3.63, 3.8) is 0 Å². The molecule has 0 bridgehead atoms. The van der Waals surface area contributed by atoms with Crippen molar-refractivity contribution in [3.05, 3.63) is 35.4 Å². The van der Waals surface area contributed by atoms with Crippen molar-refractivity contribution in [3.8, 4) is 0 Å². The molecule has 0 saturated carbocycles. The van der Waals surface area contributed by atoms with Gasteiger partial charge < -0.3 is 10.1 Å². The Bertz CT molecular complexity index is 359. The number of hydrogen-bond acceptors (Lipinski definition) is 3. The van der Waals surface area contributed by atoms with Crippen molar-refractivity contribution in [1.82, 2.24) is 5.01 Å². The van der Waals surface area contributed by atoms with Crippen LogP contribution in [0.5, 0.6) is 0 Å². The van der Waals surface area contributed by atoms with Crippen LogP contribution in [0, 0.1) is 0 Å². The summed E-state index contributed by atoms with van der Waals surface area (Å²) in [4.78, 5) is 10.8. The molecule has 14 heavy (non-hydrogen) atoms. The van der Waals surface area contributed by atoms with E-state index >= 15 is 0 Å². The molecule has 0 unspecified atom stereocenters. The van der Waals surface area contributed by atoms with Crippen LogP contribution in [0.3, 0.4) is 0 Å². The fourth-order valence-electron chi connectivity index (χ4n) is 0.982. The van der Waals surface area contributed by atoms with Crippen LogP contribution in [0.15, 0.2) is 29.4 Å². The smallest absolute Gasteiger partial charge is 0.336 e. The molecule has 0 aromatic heterocycles. The van der Waals surface area contributed by atoms with Crippen molar-refractivity contribution in [1.29, 1.82) is 0 Å². The van der Waals surface area contributed by atoms with E-state index in [-0.39, 0.29) is 5.56 Å². The quantitative estimate of drug-likeness (QED) is 0.579. The molecule has 4 heteroatoms. The highest BCUT2D eigenvalue weighted by molar-refractivity contribution is 5.98. The third kappa shape index (κ3) is 2.58. The molecule has 0 amide bonds. The Morgan fingerprint density at radius 1 is 1.43 bits per heavy atom. The van der Waals surface area contributed by atoms with Gasteiger partial charge in [0.05, 0.1) is 11.8 Å². The number of carboxylic acids is 1. The maximum absolute atomic E-state index is 10.8. The van der Waals surface area contributed by atoms with Gasteiger partial charge in [-0.3, -0.25) is 0 Å². The van der Waals surface area contributed by atoms with Crippen molar-refractivity contribution in [2.24, 2.45) is 5.10 Å². The number of hydrazone groups is 1. The lowest BCUT2D eigenvalue weighted by molar-refractivity contribution is 0.0697. The largest absolute Gasteiger partial charge is 0.478 e. The summed E-state index contributed by atoms with van der Waals surface area (Å²) >= 11 is 0. The van der Waals surface area contributed by atoms with Crippen LogP contribution >= 0.6 is 0 Å². The lowest BCUT2D eigenvalue weighted by atomic mass is 10.1. The molecule has 1 N–H and O–H groups in total. The number of benzene rings is 1. The van der Waals surface area contributed by atoms with Gasteiger partial charge in [0.2, 0.25) is 0 Å². The van der Waals surface area contributed by atoms with E-state index in [0.29, 0.717) is 5.56 Å². The molecule has 74 valence electrons. The second kappa shape index (κ2) is 4.41. The van der Waals surface area contributed by atoms with E-state index in [1.54, 1.807) is 43.4 Å². The average molecular weight is 192 g/mol. The van der Waals surface area contributed by atoms with E-state index in [2.05, 4.69) is 5.10 Å². The van der Waals surface area contributed by atoms with E-state index in [4.69, 9.17) is 5.11 Å². The Kier molecular flexibility index (Phi) is 3.23. The zero-order chi connectivity index (χ0) is 10.6. The molecular formula is C10H12N2O2. The topological polar surface area (TPSA) is 52.9 Å². The van der Waals surface area contributed by atoms with Gasteiger partial charge in [-0.05, 0) is 6.07 Å². The Morgan fingerprint density at radius 2 is 2.07 bits per heavy atom. The molecule has 0 spiro atoms. The molecule has 0 heterocycles. The third-order valence-corrected chi connectivity index (χ3v) is 1.62. The van der Waals surface area contributed by atoms with Gasteiger partial charge in [0.15, 0.2) is 0 Å². The van der Waals surface area contributed by atoms with E-state index in [0.717, 1.165) is 0 Å². The zero-order valence-corrected chi connectivity index (χ0v) is 8.14. The average Bonchev–Trinajstić information content (AvgIpc) is 2.15. The Morgan fingerprint density at radius 3 is 2.64 bits per heavy atom. The van der Waals surface area contributed by atoms with Crippen LogP contribution in [-0.4, -0.2) is 36.4 Å². The number of rotatable bonds is 3. The molecular weight excluding hydrogens is 180 g/mol. The van der Waals surface area contributed by atoms with E-state index in [9.17, 15) is 4.79 Å². The van der Waals surface area contributed by atoms with E-state index in [1.807, 2.05) is 0 Å². The Hall–Kier alpha value is -1.84. The van der Waals surface area contributed by atoms with Crippen LogP contribution in [0.1, 0.15) is 15.9 Å². The second-order valence-electron chi connectivity index (χ2n) is 2.98. The van der Waals surface area contributed by atoms with Gasteiger partial charge in [-0.25, -0.2) is 4.79 Å². The first kappa shape index (κ1) is 10.2. The van der Waals surface area contributed by atoms with Gasteiger partial charge in [0, 0.05) is 19.7 Å². The summed E-state index contributed by atoms with van der Waals surface area (Å²) in [6, 6.07) is 6.75. The van der Waals surface area contributed by atoms with Crippen molar-refractivity contribution < 1.29 is 9.90 Å². The summed E-state index contributed by atoms with van der Waals surface area (Å²) in [7, 11) is 3.56. The number of nitrogens with zero attached hydrogens (tertiary/aromatic N) is 2. The molecule has 1 aromatic rings. The minimum atomic E-state index is -0.939. The maximum atomic E-state index is 10.8. The van der Waals surface area contributed by atoms with Crippen LogP contribution in [-0.2, 0) is 0 Å². The van der Waals surface area contributed by atoms with Gasteiger partial charge >= 0.3 is 5.97 Å². The minimum Gasteiger partial charge on any atom is -0.478 e. The third-order valence-electron chi connectivity index (χ3n) is 1.62. The first-order valence-corrected chi connectivity index (χ1v) is 4.15. The highest BCUT2D eigenvalue weighted by Crippen LogP contribution is 2.05. The fourth-order valence-corrected chi connectivity index (χ4v) is 0.982. The SMILES string of the molecule is CN(C)N=Cc1ccccc1C(=O)O. The van der Waals surface area contributed by atoms with Crippen LogP contribution in [0.2, 0.25) is 0 Å². The van der Waals surface area contributed by atoms with Gasteiger partial charge in [0.1, 0.15) is 0 Å². The summed E-state index contributed by atoms with van der Waals surface area (Å²) in [6.45, 7) is 0. The van der Waals surface area contributed by atoms with Gasteiger partial charge in [-0.1, -0.05) is 18.2 Å². The molecule has 0 aliphatic rings. The Labute approximate surface area is 82.5 Å². The molecule has 0 saturated heterocycles. The van der Waals surface area contributed by atoms with Crippen molar-refractivity contribution in [2.75, 3.05) is 14.1 Å². The summed E-state index contributed by atoms with van der Waals surface area (Å²) in [5.41, 5.74) is 0.867. The highest BCUT2D eigenvalue weighted by atomic mass is 16.4. The normalized spacial score (nSPS) is 10.4. The number of aromatic carboxylic acids is 1. The summed E-state index contributed by atoms with van der Waals surface area (Å²) in [5.74, 6) is -0.939. The van der Waals surface area contributed by atoms with Gasteiger partial charge in [-0.2, -0.15) is 5.10 Å². The predicted octanol–water partition coefficient (Wildman–Crippen LogP) is 1.28. The molecule has 4 nitrogen and oxygen atoms in total. The van der Waals surface area contributed by atoms with E-state index < -0.39 is 5.97 Å². The molecule has 1 rings (SSSR count). The highest BCUT2D eigenvalue weighted by Gasteiger charge is 2.06. The summed E-state index contributed by atoms with van der Waals surface area (Å²) in [5, 5.41) is 14.4. The maximum Gasteiger partial charge on any atom is 0.336 e. The molecule has 0 atom stereocenters. The molecule has 0 aliphatic carbocycles. The molecule has 0 aliphatic heterocycles. The number of carboxylic acid groups (broad SMARTS) is 1. The summed E-state index contributed by atoms with van der Waals surface area (Å²) in [6.07, 6.45) is 1.53. The lowest BCUT2D eigenvalue weighted by Crippen LogP contribution is -2.05. The van der Waals surface area contributed by atoms with Gasteiger partial charge in [0.25, 0.3) is 0 Å². The zero-order valence-electron chi connectivity index (χ0n) is 8.14.